The molecule has 0 spiro atoms. The van der Waals surface area contributed by atoms with E-state index in [-0.39, 0.29) is 24.1 Å². The largest absolute Gasteiger partial charge is 0.487 e. The molecule has 154 valence electrons. The van der Waals surface area contributed by atoms with E-state index in [2.05, 4.69) is 10.3 Å². The molecule has 0 saturated carbocycles. The van der Waals surface area contributed by atoms with Crippen LogP contribution in [-0.2, 0) is 6.61 Å². The van der Waals surface area contributed by atoms with E-state index in [1.54, 1.807) is 43.3 Å². The number of carbonyl (C=O) groups excluding carboxylic acids is 1. The fourth-order valence-corrected chi connectivity index (χ4v) is 3.02. The number of hydrogen-bond acceptors (Lipinski definition) is 4. The van der Waals surface area contributed by atoms with E-state index in [9.17, 15) is 9.59 Å². The van der Waals surface area contributed by atoms with Gasteiger partial charge in [0.05, 0.1) is 27.9 Å². The Morgan fingerprint density at radius 2 is 1.73 bits per heavy atom. The van der Waals surface area contributed by atoms with E-state index in [1.807, 2.05) is 0 Å². The zero-order valence-electron chi connectivity index (χ0n) is 15.9. The number of benzene rings is 2. The van der Waals surface area contributed by atoms with Crippen molar-refractivity contribution in [3.8, 4) is 5.75 Å². The van der Waals surface area contributed by atoms with Crippen LogP contribution in [0.2, 0.25) is 10.0 Å². The average molecular weight is 445 g/mol. The van der Waals surface area contributed by atoms with Gasteiger partial charge in [0.1, 0.15) is 12.4 Å². The lowest BCUT2D eigenvalue weighted by Crippen LogP contribution is -2.28. The Bertz CT molecular complexity index is 1050. The standard InChI is InChI=1S/C22H18Cl2N2O4/c1-13(14-2-4-15(5-3-14)22(28)29)26-21(27)19-10-17(24)11-25-20(19)12-30-18-8-6-16(23)7-9-18/h2-11,13H,12H2,1H3,(H,26,27)(H,28,29). The molecular weight excluding hydrogens is 427 g/mol. The third-order valence-electron chi connectivity index (χ3n) is 4.38. The summed E-state index contributed by atoms with van der Waals surface area (Å²) >= 11 is 11.9. The molecule has 1 aromatic heterocycles. The number of rotatable bonds is 7. The minimum atomic E-state index is -1.01. The Balaban J connectivity index is 1.73. The summed E-state index contributed by atoms with van der Waals surface area (Å²) in [5.74, 6) is -0.780. The maximum absolute atomic E-state index is 12.9. The monoisotopic (exact) mass is 444 g/mol. The van der Waals surface area contributed by atoms with Crippen molar-refractivity contribution in [2.45, 2.75) is 19.6 Å². The number of hydrogen-bond donors (Lipinski definition) is 2. The second-order valence-corrected chi connectivity index (χ2v) is 7.39. The number of carbonyl (C=O) groups is 2. The van der Waals surface area contributed by atoms with Crippen LogP contribution in [0, 0.1) is 0 Å². The number of amides is 1. The molecule has 0 fully saturated rings. The molecule has 2 aromatic carbocycles. The van der Waals surface area contributed by atoms with Gasteiger partial charge >= 0.3 is 5.97 Å². The summed E-state index contributed by atoms with van der Waals surface area (Å²) in [4.78, 5) is 28.1. The van der Waals surface area contributed by atoms with Gasteiger partial charge in [-0.15, -0.1) is 0 Å². The Hall–Kier alpha value is -3.09. The molecule has 0 aliphatic rings. The normalized spacial score (nSPS) is 11.6. The van der Waals surface area contributed by atoms with Crippen LogP contribution in [-0.4, -0.2) is 22.0 Å². The van der Waals surface area contributed by atoms with Gasteiger partial charge in [-0.1, -0.05) is 35.3 Å². The van der Waals surface area contributed by atoms with Crippen molar-refractivity contribution in [1.82, 2.24) is 10.3 Å². The minimum absolute atomic E-state index is 0.0727. The molecule has 3 rings (SSSR count). The van der Waals surface area contributed by atoms with Gasteiger partial charge in [-0.3, -0.25) is 9.78 Å². The van der Waals surface area contributed by atoms with Gasteiger partial charge in [-0.05, 0) is 55.0 Å². The number of nitrogens with one attached hydrogen (secondary N) is 1. The first-order chi connectivity index (χ1) is 14.3. The van der Waals surface area contributed by atoms with Crippen LogP contribution in [0.3, 0.4) is 0 Å². The molecule has 3 aromatic rings. The topological polar surface area (TPSA) is 88.5 Å². The molecule has 0 saturated heterocycles. The van der Waals surface area contributed by atoms with Gasteiger partial charge in [0, 0.05) is 11.2 Å². The van der Waals surface area contributed by atoms with Crippen molar-refractivity contribution in [2.75, 3.05) is 0 Å². The fourth-order valence-electron chi connectivity index (χ4n) is 2.73. The SMILES string of the molecule is CC(NC(=O)c1cc(Cl)cnc1COc1ccc(Cl)cc1)c1ccc(C(=O)O)cc1. The van der Waals surface area contributed by atoms with Gasteiger partial charge in [-0.25, -0.2) is 4.79 Å². The van der Waals surface area contributed by atoms with Gasteiger partial charge < -0.3 is 15.2 Å². The summed E-state index contributed by atoms with van der Waals surface area (Å²) in [6.45, 7) is 1.87. The van der Waals surface area contributed by atoms with Crippen LogP contribution >= 0.6 is 23.2 Å². The predicted octanol–water partition coefficient (Wildman–Crippen LogP) is 5.16. The average Bonchev–Trinajstić information content (AvgIpc) is 2.74. The van der Waals surface area contributed by atoms with Crippen LogP contribution < -0.4 is 10.1 Å². The van der Waals surface area contributed by atoms with E-state index in [0.717, 1.165) is 5.56 Å². The Morgan fingerprint density at radius 3 is 2.37 bits per heavy atom. The van der Waals surface area contributed by atoms with E-state index in [4.69, 9.17) is 33.0 Å². The molecule has 0 bridgehead atoms. The van der Waals surface area contributed by atoms with Gasteiger partial charge in [-0.2, -0.15) is 0 Å². The predicted molar refractivity (Wildman–Crippen MR) is 114 cm³/mol. The number of ether oxygens (including phenoxy) is 1. The second-order valence-electron chi connectivity index (χ2n) is 6.51. The third kappa shape index (κ3) is 5.49. The van der Waals surface area contributed by atoms with Gasteiger partial charge in [0.2, 0.25) is 0 Å². The Morgan fingerprint density at radius 1 is 1.07 bits per heavy atom. The van der Waals surface area contributed by atoms with Crippen LogP contribution in [0.4, 0.5) is 0 Å². The van der Waals surface area contributed by atoms with E-state index >= 15 is 0 Å². The number of carboxylic acids is 1. The summed E-state index contributed by atoms with van der Waals surface area (Å²) in [5, 5.41) is 12.8. The number of nitrogens with zero attached hydrogens (tertiary/aromatic N) is 1. The highest BCUT2D eigenvalue weighted by Crippen LogP contribution is 2.20. The zero-order valence-corrected chi connectivity index (χ0v) is 17.4. The van der Waals surface area contributed by atoms with Crippen LogP contribution in [0.25, 0.3) is 0 Å². The summed E-state index contributed by atoms with van der Waals surface area (Å²) < 4.78 is 5.70. The molecule has 6 nitrogen and oxygen atoms in total. The molecule has 0 aliphatic heterocycles. The van der Waals surface area contributed by atoms with Crippen molar-refractivity contribution in [3.05, 3.63) is 93.2 Å². The number of aromatic carboxylic acids is 1. The van der Waals surface area contributed by atoms with Crippen molar-refractivity contribution < 1.29 is 19.4 Å². The van der Waals surface area contributed by atoms with Gasteiger partial charge in [0.15, 0.2) is 0 Å². The highest BCUT2D eigenvalue weighted by Gasteiger charge is 2.17. The van der Waals surface area contributed by atoms with Crippen LogP contribution in [0.5, 0.6) is 5.75 Å². The molecule has 30 heavy (non-hydrogen) atoms. The first-order valence-corrected chi connectivity index (χ1v) is 9.76. The zero-order chi connectivity index (χ0) is 21.7. The van der Waals surface area contributed by atoms with E-state index in [0.29, 0.717) is 27.1 Å². The minimum Gasteiger partial charge on any atom is -0.487 e. The number of pyridine rings is 1. The lowest BCUT2D eigenvalue weighted by molar-refractivity contribution is 0.0696. The quantitative estimate of drug-likeness (QED) is 0.525. The number of carboxylic acid groups (broad SMARTS) is 1. The molecule has 0 radical (unpaired) electrons. The Kier molecular flexibility index (Phi) is 6.92. The highest BCUT2D eigenvalue weighted by atomic mass is 35.5. The van der Waals surface area contributed by atoms with Crippen LogP contribution in [0.15, 0.2) is 60.8 Å². The summed E-state index contributed by atoms with van der Waals surface area (Å²) in [6, 6.07) is 14.3. The van der Waals surface area contributed by atoms with E-state index < -0.39 is 5.97 Å². The van der Waals surface area contributed by atoms with Crippen LogP contribution in [0.1, 0.15) is 44.9 Å². The van der Waals surface area contributed by atoms with Crippen molar-refractivity contribution >= 4 is 35.1 Å². The third-order valence-corrected chi connectivity index (χ3v) is 4.83. The second kappa shape index (κ2) is 9.61. The highest BCUT2D eigenvalue weighted by molar-refractivity contribution is 6.31. The maximum atomic E-state index is 12.9. The molecule has 2 N–H and O–H groups in total. The van der Waals surface area contributed by atoms with Gasteiger partial charge in [0.25, 0.3) is 5.91 Å². The Labute approximate surface area is 183 Å². The molecular formula is C22H18Cl2N2O4. The smallest absolute Gasteiger partial charge is 0.335 e. The van der Waals surface area contributed by atoms with Crippen molar-refractivity contribution in [3.63, 3.8) is 0 Å². The lowest BCUT2D eigenvalue weighted by Gasteiger charge is -2.16. The molecule has 0 aliphatic carbocycles. The summed E-state index contributed by atoms with van der Waals surface area (Å²) in [5.41, 5.74) is 1.67. The maximum Gasteiger partial charge on any atom is 0.335 e. The first kappa shape index (κ1) is 21.6. The van der Waals surface area contributed by atoms with Crippen molar-refractivity contribution in [1.29, 1.82) is 0 Å². The number of halogens is 2. The molecule has 1 amide bonds. The molecule has 1 unspecified atom stereocenters. The summed E-state index contributed by atoms with van der Waals surface area (Å²) in [7, 11) is 0. The molecule has 1 heterocycles. The summed E-state index contributed by atoms with van der Waals surface area (Å²) in [6.07, 6.45) is 1.45. The first-order valence-electron chi connectivity index (χ1n) is 9.00. The number of aromatic nitrogens is 1. The molecule has 8 heteroatoms. The fraction of sp³-hybridized carbons (Fsp3) is 0.136. The van der Waals surface area contributed by atoms with E-state index in [1.165, 1.54) is 24.4 Å². The molecule has 1 atom stereocenters. The van der Waals surface area contributed by atoms with Crippen molar-refractivity contribution in [2.24, 2.45) is 0 Å². The lowest BCUT2D eigenvalue weighted by atomic mass is 10.1.